The van der Waals surface area contributed by atoms with Crippen LogP contribution < -0.4 is 0 Å². The largest absolute Gasteiger partial charge is 0.504 e. The summed E-state index contributed by atoms with van der Waals surface area (Å²) in [6.45, 7) is 0. The van der Waals surface area contributed by atoms with Crippen molar-refractivity contribution in [1.82, 2.24) is 19.7 Å². The number of nitrogens with one attached hydrogen (secondary N) is 1. The molecule has 0 atom stereocenters. The number of H-pyrrole nitrogens is 1. The van der Waals surface area contributed by atoms with Gasteiger partial charge >= 0.3 is 5.97 Å². The Labute approximate surface area is 119 Å². The van der Waals surface area contributed by atoms with Crippen LogP contribution in [0.3, 0.4) is 0 Å². The summed E-state index contributed by atoms with van der Waals surface area (Å²) >= 11 is 0. The molecule has 0 bridgehead atoms. The first-order chi connectivity index (χ1) is 9.97. The molecule has 0 aliphatic rings. The summed E-state index contributed by atoms with van der Waals surface area (Å²) in [5.74, 6) is -1.52. The van der Waals surface area contributed by atoms with Crippen LogP contribution in [0.5, 0.6) is 0 Å². The second-order valence-electron chi connectivity index (χ2n) is 4.47. The Hall–Kier alpha value is -2.90. The van der Waals surface area contributed by atoms with Gasteiger partial charge in [0.25, 0.3) is 0 Å². The monoisotopic (exact) mass is 290 g/mol. The minimum Gasteiger partial charge on any atom is -0.504 e. The number of ketones is 1. The number of allylic oxidation sites excluding steroid dienone is 1. The van der Waals surface area contributed by atoms with Gasteiger partial charge in [-0.3, -0.25) is 14.7 Å². The van der Waals surface area contributed by atoms with Crippen molar-refractivity contribution < 1.29 is 19.8 Å². The van der Waals surface area contributed by atoms with Crippen LogP contribution in [0.4, 0.5) is 0 Å². The molecule has 21 heavy (non-hydrogen) atoms. The summed E-state index contributed by atoms with van der Waals surface area (Å²) in [4.78, 5) is 26.4. The van der Waals surface area contributed by atoms with E-state index in [-0.39, 0.29) is 18.0 Å². The van der Waals surface area contributed by atoms with Gasteiger partial charge in [-0.25, -0.2) is 4.98 Å². The third kappa shape index (κ3) is 3.56. The molecule has 0 amide bonds. The van der Waals surface area contributed by atoms with Crippen LogP contribution in [0.15, 0.2) is 24.7 Å². The van der Waals surface area contributed by atoms with E-state index < -0.39 is 11.8 Å². The molecule has 2 aromatic rings. The Morgan fingerprint density at radius 2 is 2.19 bits per heavy atom. The number of nitrogens with zero attached hydrogens (tertiary/aromatic N) is 3. The molecule has 8 heteroatoms. The molecule has 0 aromatic carbocycles. The third-order valence-electron chi connectivity index (χ3n) is 2.87. The van der Waals surface area contributed by atoms with Crippen LogP contribution in [0.1, 0.15) is 28.3 Å². The van der Waals surface area contributed by atoms with Crippen molar-refractivity contribution >= 4 is 17.5 Å². The number of aromatic amines is 1. The van der Waals surface area contributed by atoms with Gasteiger partial charge in [-0.05, 0) is 18.1 Å². The van der Waals surface area contributed by atoms with Crippen LogP contribution in [0.25, 0.3) is 5.76 Å². The number of carboxylic acids is 1. The highest BCUT2D eigenvalue weighted by atomic mass is 16.4. The average Bonchev–Trinajstić information content (AvgIpc) is 3.05. The molecule has 3 N–H and O–H groups in total. The van der Waals surface area contributed by atoms with Gasteiger partial charge in [0.15, 0.2) is 11.6 Å². The first kappa shape index (κ1) is 14.5. The number of aryl methyl sites for hydroxylation is 2. The maximum absolute atomic E-state index is 12.1. The van der Waals surface area contributed by atoms with Gasteiger partial charge in [-0.2, -0.15) is 5.10 Å². The van der Waals surface area contributed by atoms with Gasteiger partial charge in [0, 0.05) is 25.7 Å². The Bertz CT molecular complexity index is 685. The molecular formula is C13H14N4O4. The first-order valence-corrected chi connectivity index (χ1v) is 6.15. The highest BCUT2D eigenvalue weighted by Crippen LogP contribution is 2.13. The predicted molar refractivity (Wildman–Crippen MR) is 72.7 cm³/mol. The van der Waals surface area contributed by atoms with E-state index in [0.29, 0.717) is 12.1 Å². The molecule has 0 radical (unpaired) electrons. The summed E-state index contributed by atoms with van der Waals surface area (Å²) in [5, 5.41) is 24.4. The number of carbonyl (C=O) groups excluding carboxylic acids is 1. The lowest BCUT2D eigenvalue weighted by Gasteiger charge is -1.98. The van der Waals surface area contributed by atoms with Crippen LogP contribution in [0, 0.1) is 0 Å². The Balaban J connectivity index is 2.16. The maximum Gasteiger partial charge on any atom is 0.303 e. The highest BCUT2D eigenvalue weighted by molar-refractivity contribution is 6.06. The van der Waals surface area contributed by atoms with Crippen molar-refractivity contribution in [2.24, 2.45) is 7.05 Å². The minimum absolute atomic E-state index is 0.00318. The smallest absolute Gasteiger partial charge is 0.303 e. The normalized spacial score (nSPS) is 11.6. The van der Waals surface area contributed by atoms with Crippen molar-refractivity contribution in [3.8, 4) is 0 Å². The SMILES string of the molecule is Cn1cc(CCC(=O)O)cc1C(=O)/C=C(/O)c1ncn[nH]1. The Kier molecular flexibility index (Phi) is 4.17. The van der Waals surface area contributed by atoms with E-state index in [1.807, 2.05) is 0 Å². The molecule has 0 saturated carbocycles. The van der Waals surface area contributed by atoms with Gasteiger partial charge in [0.2, 0.25) is 5.78 Å². The van der Waals surface area contributed by atoms with Crippen molar-refractivity contribution in [3.05, 3.63) is 41.7 Å². The predicted octanol–water partition coefficient (Wildman–Crippen LogP) is 0.942. The van der Waals surface area contributed by atoms with E-state index in [4.69, 9.17) is 5.11 Å². The zero-order valence-electron chi connectivity index (χ0n) is 11.3. The lowest BCUT2D eigenvalue weighted by atomic mass is 10.1. The van der Waals surface area contributed by atoms with E-state index in [1.165, 1.54) is 6.33 Å². The van der Waals surface area contributed by atoms with Crippen molar-refractivity contribution in [2.45, 2.75) is 12.8 Å². The fraction of sp³-hybridized carbons (Fsp3) is 0.231. The fourth-order valence-corrected chi connectivity index (χ4v) is 1.86. The van der Waals surface area contributed by atoms with Gasteiger partial charge in [-0.1, -0.05) is 0 Å². The molecule has 0 unspecified atom stereocenters. The van der Waals surface area contributed by atoms with E-state index in [9.17, 15) is 14.7 Å². The lowest BCUT2D eigenvalue weighted by Crippen LogP contribution is -2.03. The van der Waals surface area contributed by atoms with Crippen molar-refractivity contribution in [2.75, 3.05) is 0 Å². The number of carbonyl (C=O) groups is 2. The number of aromatic nitrogens is 4. The maximum atomic E-state index is 12.1. The number of aliphatic hydroxyl groups excluding tert-OH is 1. The number of carboxylic acid groups (broad SMARTS) is 1. The van der Waals surface area contributed by atoms with Crippen LogP contribution in [-0.4, -0.2) is 41.7 Å². The Morgan fingerprint density at radius 1 is 1.43 bits per heavy atom. The summed E-state index contributed by atoms with van der Waals surface area (Å²) in [7, 11) is 1.68. The molecule has 110 valence electrons. The lowest BCUT2D eigenvalue weighted by molar-refractivity contribution is -0.136. The Morgan fingerprint density at radius 3 is 2.81 bits per heavy atom. The standard InChI is InChI=1S/C13H14N4O4/c1-17-6-8(2-3-12(20)21)4-9(17)10(18)5-11(19)13-14-7-15-16-13/h4-7,19H,2-3H2,1H3,(H,20,21)(H,14,15,16)/b11-5+. The van der Waals surface area contributed by atoms with E-state index in [2.05, 4.69) is 15.2 Å². The molecule has 2 rings (SSSR count). The zero-order chi connectivity index (χ0) is 15.4. The summed E-state index contributed by atoms with van der Waals surface area (Å²) in [6, 6.07) is 1.61. The molecule has 2 heterocycles. The molecule has 0 spiro atoms. The number of rotatable bonds is 6. The molecule has 0 saturated heterocycles. The van der Waals surface area contributed by atoms with Gasteiger partial charge in [-0.15, -0.1) is 0 Å². The number of aliphatic carboxylic acids is 1. The topological polar surface area (TPSA) is 121 Å². The van der Waals surface area contributed by atoms with Gasteiger partial charge in [0.05, 0.1) is 5.69 Å². The molecule has 0 aliphatic heterocycles. The van der Waals surface area contributed by atoms with Gasteiger partial charge < -0.3 is 14.8 Å². The summed E-state index contributed by atoms with van der Waals surface area (Å²) in [6.07, 6.45) is 4.29. The first-order valence-electron chi connectivity index (χ1n) is 6.15. The van der Waals surface area contributed by atoms with Crippen LogP contribution >= 0.6 is 0 Å². The summed E-state index contributed by atoms with van der Waals surface area (Å²) in [5.41, 5.74) is 1.09. The van der Waals surface area contributed by atoms with E-state index in [1.54, 1.807) is 23.9 Å². The average molecular weight is 290 g/mol. The second-order valence-corrected chi connectivity index (χ2v) is 4.47. The van der Waals surface area contributed by atoms with Crippen molar-refractivity contribution in [1.29, 1.82) is 0 Å². The quantitative estimate of drug-likeness (QED) is 0.413. The van der Waals surface area contributed by atoms with E-state index in [0.717, 1.165) is 11.6 Å². The molecule has 0 aliphatic carbocycles. The molecule has 0 fully saturated rings. The minimum atomic E-state index is -0.894. The summed E-state index contributed by atoms with van der Waals surface area (Å²) < 4.78 is 1.59. The zero-order valence-corrected chi connectivity index (χ0v) is 11.3. The van der Waals surface area contributed by atoms with Crippen molar-refractivity contribution in [3.63, 3.8) is 0 Å². The van der Waals surface area contributed by atoms with Gasteiger partial charge in [0.1, 0.15) is 6.33 Å². The van der Waals surface area contributed by atoms with Crippen LogP contribution in [0.2, 0.25) is 0 Å². The van der Waals surface area contributed by atoms with Crippen LogP contribution in [-0.2, 0) is 18.3 Å². The molecular weight excluding hydrogens is 276 g/mol. The molecule has 2 aromatic heterocycles. The number of hydrogen-bond acceptors (Lipinski definition) is 5. The third-order valence-corrected chi connectivity index (χ3v) is 2.87. The highest BCUT2D eigenvalue weighted by Gasteiger charge is 2.13. The number of aliphatic hydroxyl groups is 1. The number of hydrogen-bond donors (Lipinski definition) is 3. The second kappa shape index (κ2) is 6.04. The van der Waals surface area contributed by atoms with E-state index >= 15 is 0 Å². The molecule has 8 nitrogen and oxygen atoms in total. The fourth-order valence-electron chi connectivity index (χ4n) is 1.86.